The lowest BCUT2D eigenvalue weighted by Gasteiger charge is -2.44. The molecule has 2 fully saturated rings. The summed E-state index contributed by atoms with van der Waals surface area (Å²) >= 11 is 0. The number of carboxylic acids is 1. The molecule has 0 radical (unpaired) electrons. The van der Waals surface area contributed by atoms with Crippen molar-refractivity contribution in [2.45, 2.75) is 51.5 Å². The zero-order valence-corrected chi connectivity index (χ0v) is 10.4. The van der Waals surface area contributed by atoms with Gasteiger partial charge in [-0.2, -0.15) is 0 Å². The van der Waals surface area contributed by atoms with E-state index in [1.807, 2.05) is 4.90 Å². The number of aliphatic carboxylic acids is 1. The monoisotopic (exact) mass is 239 g/mol. The highest BCUT2D eigenvalue weighted by molar-refractivity contribution is 5.96. The number of hydrogen-bond donors (Lipinski definition) is 1. The fraction of sp³-hybridized carbons (Fsp3) is 0.846. The summed E-state index contributed by atoms with van der Waals surface area (Å²) in [5.74, 6) is -1.47. The lowest BCUT2D eigenvalue weighted by Crippen LogP contribution is -2.52. The number of hydrogen-bond acceptors (Lipinski definition) is 2. The number of carbonyl (C=O) groups excluding carboxylic acids is 1. The third-order valence-electron chi connectivity index (χ3n) is 4.27. The average Bonchev–Trinajstić information content (AvgIpc) is 2.36. The van der Waals surface area contributed by atoms with Crippen LogP contribution >= 0.6 is 0 Å². The van der Waals surface area contributed by atoms with Gasteiger partial charge in [0.25, 0.3) is 0 Å². The van der Waals surface area contributed by atoms with E-state index in [9.17, 15) is 9.59 Å². The molecule has 1 saturated heterocycles. The first-order valence-corrected chi connectivity index (χ1v) is 6.64. The zero-order valence-electron chi connectivity index (χ0n) is 10.4. The topological polar surface area (TPSA) is 57.6 Å². The highest BCUT2D eigenvalue weighted by atomic mass is 16.4. The van der Waals surface area contributed by atoms with Gasteiger partial charge in [-0.3, -0.25) is 9.59 Å². The van der Waals surface area contributed by atoms with Crippen LogP contribution in [0.25, 0.3) is 0 Å². The molecule has 1 N–H and O–H groups in total. The molecule has 0 aromatic rings. The summed E-state index contributed by atoms with van der Waals surface area (Å²) in [4.78, 5) is 24.9. The van der Waals surface area contributed by atoms with Gasteiger partial charge in [-0.1, -0.05) is 12.8 Å². The van der Waals surface area contributed by atoms with Gasteiger partial charge in [0.1, 0.15) is 5.92 Å². The molecule has 4 nitrogen and oxygen atoms in total. The maximum absolute atomic E-state index is 12.1. The third-order valence-corrected chi connectivity index (χ3v) is 4.27. The van der Waals surface area contributed by atoms with Crippen LogP contribution in [0.2, 0.25) is 0 Å². The van der Waals surface area contributed by atoms with Gasteiger partial charge in [0, 0.05) is 12.6 Å². The van der Waals surface area contributed by atoms with Crippen LogP contribution in [0, 0.1) is 11.8 Å². The number of carbonyl (C=O) groups is 2. The Hall–Kier alpha value is -1.06. The number of rotatable bonds is 2. The van der Waals surface area contributed by atoms with Crippen molar-refractivity contribution in [2.75, 3.05) is 6.54 Å². The molecule has 1 aliphatic carbocycles. The van der Waals surface area contributed by atoms with Crippen LogP contribution in [0.4, 0.5) is 0 Å². The zero-order chi connectivity index (χ0) is 12.4. The Morgan fingerprint density at radius 3 is 2.53 bits per heavy atom. The van der Waals surface area contributed by atoms with Crippen LogP contribution in [0.1, 0.15) is 45.4 Å². The maximum atomic E-state index is 12.1. The number of piperidine rings is 1. The predicted octanol–water partition coefficient (Wildman–Crippen LogP) is 1.89. The summed E-state index contributed by atoms with van der Waals surface area (Å²) in [6.45, 7) is 2.24. The largest absolute Gasteiger partial charge is 0.481 e. The van der Waals surface area contributed by atoms with Crippen LogP contribution in [-0.4, -0.2) is 34.5 Å². The minimum Gasteiger partial charge on any atom is -0.481 e. The Balaban J connectivity index is 2.08. The molecule has 3 unspecified atom stereocenters. The van der Waals surface area contributed by atoms with Crippen molar-refractivity contribution in [2.24, 2.45) is 11.8 Å². The molecule has 0 aromatic carbocycles. The minimum atomic E-state index is -1.01. The highest BCUT2D eigenvalue weighted by Gasteiger charge is 2.38. The van der Waals surface area contributed by atoms with E-state index in [-0.39, 0.29) is 5.91 Å². The molecule has 1 saturated carbocycles. The van der Waals surface area contributed by atoms with Crippen molar-refractivity contribution in [3.8, 4) is 0 Å². The number of likely N-dealkylation sites (tertiary alicyclic amines) is 1. The number of nitrogens with zero attached hydrogens (tertiary/aromatic N) is 1. The van der Waals surface area contributed by atoms with Crippen LogP contribution in [-0.2, 0) is 9.59 Å². The molecule has 0 bridgehead atoms. The Morgan fingerprint density at radius 2 is 1.82 bits per heavy atom. The SMILES string of the molecule is CC(C(=O)O)C(=O)N1CCCC2CCCCC21. The molecule has 3 atom stereocenters. The van der Waals surface area contributed by atoms with E-state index in [0.717, 1.165) is 19.4 Å². The van der Waals surface area contributed by atoms with Crippen molar-refractivity contribution in [1.29, 1.82) is 0 Å². The smallest absolute Gasteiger partial charge is 0.315 e. The lowest BCUT2D eigenvalue weighted by molar-refractivity contribution is -0.153. The molecular formula is C13H21NO3. The Labute approximate surface area is 102 Å². The van der Waals surface area contributed by atoms with E-state index in [1.165, 1.54) is 32.6 Å². The summed E-state index contributed by atoms with van der Waals surface area (Å²) in [5.41, 5.74) is 0. The first kappa shape index (κ1) is 12.4. The van der Waals surface area contributed by atoms with Gasteiger partial charge in [-0.25, -0.2) is 0 Å². The quantitative estimate of drug-likeness (QED) is 0.749. The molecule has 2 aliphatic rings. The second-order valence-corrected chi connectivity index (χ2v) is 5.35. The van der Waals surface area contributed by atoms with Gasteiger partial charge >= 0.3 is 5.97 Å². The fourth-order valence-electron chi connectivity index (χ4n) is 3.25. The van der Waals surface area contributed by atoms with Crippen molar-refractivity contribution < 1.29 is 14.7 Å². The maximum Gasteiger partial charge on any atom is 0.315 e. The fourth-order valence-corrected chi connectivity index (χ4v) is 3.25. The lowest BCUT2D eigenvalue weighted by atomic mass is 9.78. The van der Waals surface area contributed by atoms with Gasteiger partial charge in [0.05, 0.1) is 0 Å². The molecule has 0 aromatic heterocycles. The summed E-state index contributed by atoms with van der Waals surface area (Å²) in [6, 6.07) is 0.312. The molecule has 1 heterocycles. The second-order valence-electron chi connectivity index (χ2n) is 5.35. The van der Waals surface area contributed by atoms with Gasteiger partial charge in [-0.15, -0.1) is 0 Å². The van der Waals surface area contributed by atoms with E-state index in [0.29, 0.717) is 12.0 Å². The molecule has 96 valence electrons. The van der Waals surface area contributed by atoms with Gasteiger partial charge < -0.3 is 10.0 Å². The van der Waals surface area contributed by atoms with Gasteiger partial charge in [0.2, 0.25) is 5.91 Å². The van der Waals surface area contributed by atoms with Crippen molar-refractivity contribution in [1.82, 2.24) is 4.90 Å². The van der Waals surface area contributed by atoms with E-state index in [4.69, 9.17) is 5.11 Å². The first-order valence-electron chi connectivity index (χ1n) is 6.64. The van der Waals surface area contributed by atoms with Crippen LogP contribution < -0.4 is 0 Å². The molecule has 2 rings (SSSR count). The van der Waals surface area contributed by atoms with Crippen LogP contribution in [0.15, 0.2) is 0 Å². The second kappa shape index (κ2) is 5.07. The molecule has 4 heteroatoms. The Bertz CT molecular complexity index is 314. The molecule has 0 spiro atoms. The number of carboxylic acid groups (broad SMARTS) is 1. The summed E-state index contributed by atoms with van der Waals surface area (Å²) in [7, 11) is 0. The van der Waals surface area contributed by atoms with Crippen LogP contribution in [0.5, 0.6) is 0 Å². The van der Waals surface area contributed by atoms with E-state index < -0.39 is 11.9 Å². The highest BCUT2D eigenvalue weighted by Crippen LogP contribution is 2.35. The summed E-state index contributed by atoms with van der Waals surface area (Å²) in [5, 5.41) is 8.93. The minimum absolute atomic E-state index is 0.186. The molecule has 1 amide bonds. The number of fused-ring (bicyclic) bond motifs is 1. The van der Waals surface area contributed by atoms with Gasteiger partial charge in [-0.05, 0) is 38.5 Å². The molecule has 17 heavy (non-hydrogen) atoms. The summed E-state index contributed by atoms with van der Waals surface area (Å²) < 4.78 is 0. The normalized spacial score (nSPS) is 30.5. The standard InChI is InChI=1S/C13H21NO3/c1-9(13(16)17)12(15)14-8-4-6-10-5-2-3-7-11(10)14/h9-11H,2-8H2,1H3,(H,16,17). The average molecular weight is 239 g/mol. The molecule has 1 aliphatic heterocycles. The van der Waals surface area contributed by atoms with E-state index in [1.54, 1.807) is 0 Å². The Morgan fingerprint density at radius 1 is 1.18 bits per heavy atom. The number of amides is 1. The van der Waals surface area contributed by atoms with Crippen molar-refractivity contribution in [3.63, 3.8) is 0 Å². The van der Waals surface area contributed by atoms with Gasteiger partial charge in [0.15, 0.2) is 0 Å². The van der Waals surface area contributed by atoms with Crippen molar-refractivity contribution >= 4 is 11.9 Å². The van der Waals surface area contributed by atoms with E-state index >= 15 is 0 Å². The molecular weight excluding hydrogens is 218 g/mol. The van der Waals surface area contributed by atoms with Crippen molar-refractivity contribution in [3.05, 3.63) is 0 Å². The van der Waals surface area contributed by atoms with E-state index in [2.05, 4.69) is 0 Å². The predicted molar refractivity (Wildman–Crippen MR) is 63.5 cm³/mol. The summed E-state index contributed by atoms with van der Waals surface area (Å²) in [6.07, 6.45) is 6.93. The van der Waals surface area contributed by atoms with Crippen LogP contribution in [0.3, 0.4) is 0 Å². The third kappa shape index (κ3) is 2.45. The first-order chi connectivity index (χ1) is 8.11. The Kier molecular flexibility index (Phi) is 3.69.